The van der Waals surface area contributed by atoms with E-state index in [0.717, 1.165) is 62.1 Å². The van der Waals surface area contributed by atoms with Crippen molar-refractivity contribution in [3.63, 3.8) is 0 Å². The van der Waals surface area contributed by atoms with E-state index < -0.39 is 0 Å². The molecule has 0 amide bonds. The first-order valence-corrected chi connectivity index (χ1v) is 9.35. The molecule has 4 heterocycles. The highest BCUT2D eigenvalue weighted by Gasteiger charge is 2.30. The highest BCUT2D eigenvalue weighted by Crippen LogP contribution is 2.28. The maximum Gasteiger partial charge on any atom is 0.157 e. The summed E-state index contributed by atoms with van der Waals surface area (Å²) in [7, 11) is 0. The van der Waals surface area contributed by atoms with Crippen molar-refractivity contribution >= 4 is 11.5 Å². The Labute approximate surface area is 153 Å². The van der Waals surface area contributed by atoms with Gasteiger partial charge in [-0.05, 0) is 6.42 Å². The standard InChI is InChI=1S/C20H23N5O/c1-2-4-16(5-3-1)18-14-20(25-19(22-18)6-8-21-25)24-9-7-17(15-24)23-10-12-26-13-11-23/h1-6,8,14,17H,7,9-13,15H2/t17-/m0/s1. The van der Waals surface area contributed by atoms with Gasteiger partial charge in [0.25, 0.3) is 0 Å². The summed E-state index contributed by atoms with van der Waals surface area (Å²) in [5.41, 5.74) is 3.04. The van der Waals surface area contributed by atoms with Gasteiger partial charge in [-0.3, -0.25) is 4.90 Å². The Bertz CT molecular complexity index is 888. The second-order valence-electron chi connectivity index (χ2n) is 7.00. The van der Waals surface area contributed by atoms with Gasteiger partial charge in [0, 0.05) is 49.9 Å². The first-order chi connectivity index (χ1) is 12.9. The molecule has 0 radical (unpaired) electrons. The van der Waals surface area contributed by atoms with Crippen LogP contribution in [0.2, 0.25) is 0 Å². The fourth-order valence-corrected chi connectivity index (χ4v) is 4.07. The third kappa shape index (κ3) is 2.85. The average Bonchev–Trinajstić information content (AvgIpc) is 3.38. The lowest BCUT2D eigenvalue weighted by Gasteiger charge is -2.32. The highest BCUT2D eigenvalue weighted by molar-refractivity contribution is 5.67. The van der Waals surface area contributed by atoms with E-state index in [4.69, 9.17) is 9.72 Å². The number of rotatable bonds is 3. The summed E-state index contributed by atoms with van der Waals surface area (Å²) < 4.78 is 7.47. The SMILES string of the molecule is c1ccc(-c2cc(N3CC[C@H](N4CCOCC4)C3)n3nccc3n2)cc1. The number of nitrogens with zero attached hydrogens (tertiary/aromatic N) is 5. The quantitative estimate of drug-likeness (QED) is 0.726. The molecule has 5 rings (SSSR count). The Morgan fingerprint density at radius 1 is 1.00 bits per heavy atom. The third-order valence-electron chi connectivity index (χ3n) is 5.46. The lowest BCUT2D eigenvalue weighted by atomic mass is 10.1. The molecule has 0 unspecified atom stereocenters. The summed E-state index contributed by atoms with van der Waals surface area (Å²) in [6.07, 6.45) is 3.02. The molecule has 26 heavy (non-hydrogen) atoms. The minimum absolute atomic E-state index is 0.595. The maximum absolute atomic E-state index is 5.51. The van der Waals surface area contributed by atoms with Crippen molar-refractivity contribution in [2.75, 3.05) is 44.3 Å². The number of aromatic nitrogens is 3. The first kappa shape index (κ1) is 15.8. The molecule has 2 fully saturated rings. The van der Waals surface area contributed by atoms with Gasteiger partial charge in [-0.25, -0.2) is 4.98 Å². The van der Waals surface area contributed by atoms with E-state index >= 15 is 0 Å². The molecule has 2 aromatic heterocycles. The molecule has 3 aromatic rings. The summed E-state index contributed by atoms with van der Waals surface area (Å²) in [6, 6.07) is 15.1. The molecule has 0 saturated carbocycles. The van der Waals surface area contributed by atoms with Gasteiger partial charge in [0.1, 0.15) is 5.82 Å². The molecule has 2 aliphatic heterocycles. The van der Waals surface area contributed by atoms with Crippen molar-refractivity contribution in [3.8, 4) is 11.3 Å². The molecular formula is C20H23N5O. The van der Waals surface area contributed by atoms with E-state index in [2.05, 4.69) is 45.2 Å². The number of fused-ring (bicyclic) bond motifs is 1. The predicted octanol–water partition coefficient (Wildman–Crippen LogP) is 2.31. The molecule has 6 heteroatoms. The van der Waals surface area contributed by atoms with E-state index in [1.807, 2.05) is 22.8 Å². The van der Waals surface area contributed by atoms with Crippen molar-refractivity contribution in [2.45, 2.75) is 12.5 Å². The van der Waals surface area contributed by atoms with Gasteiger partial charge in [-0.2, -0.15) is 9.61 Å². The fraction of sp³-hybridized carbons (Fsp3) is 0.400. The molecule has 134 valence electrons. The molecule has 2 saturated heterocycles. The van der Waals surface area contributed by atoms with Gasteiger partial charge in [0.2, 0.25) is 0 Å². The number of hydrogen-bond acceptors (Lipinski definition) is 5. The van der Waals surface area contributed by atoms with Crippen LogP contribution in [-0.2, 0) is 4.74 Å². The van der Waals surface area contributed by atoms with Crippen LogP contribution in [0.5, 0.6) is 0 Å². The number of morpholine rings is 1. The number of anilines is 1. The smallest absolute Gasteiger partial charge is 0.157 e. The van der Waals surface area contributed by atoms with Crippen LogP contribution in [0.1, 0.15) is 6.42 Å². The molecule has 0 aliphatic carbocycles. The van der Waals surface area contributed by atoms with Crippen LogP contribution in [0.3, 0.4) is 0 Å². The molecule has 0 N–H and O–H groups in total. The minimum atomic E-state index is 0.595. The van der Waals surface area contributed by atoms with E-state index in [1.54, 1.807) is 0 Å². The van der Waals surface area contributed by atoms with E-state index in [-0.39, 0.29) is 0 Å². The van der Waals surface area contributed by atoms with Crippen LogP contribution in [0.4, 0.5) is 5.82 Å². The number of ether oxygens (including phenoxy) is 1. The summed E-state index contributed by atoms with van der Waals surface area (Å²) in [6.45, 7) is 5.88. The zero-order valence-electron chi connectivity index (χ0n) is 14.8. The van der Waals surface area contributed by atoms with Crippen molar-refractivity contribution in [1.29, 1.82) is 0 Å². The topological polar surface area (TPSA) is 45.9 Å². The molecule has 0 spiro atoms. The Morgan fingerprint density at radius 3 is 2.69 bits per heavy atom. The largest absolute Gasteiger partial charge is 0.379 e. The molecule has 2 aliphatic rings. The zero-order valence-corrected chi connectivity index (χ0v) is 14.8. The van der Waals surface area contributed by atoms with E-state index in [1.165, 1.54) is 6.42 Å². The van der Waals surface area contributed by atoms with Gasteiger partial charge < -0.3 is 9.64 Å². The van der Waals surface area contributed by atoms with Gasteiger partial charge >= 0.3 is 0 Å². The van der Waals surface area contributed by atoms with E-state index in [9.17, 15) is 0 Å². The Balaban J connectivity index is 1.47. The second-order valence-corrected chi connectivity index (χ2v) is 7.00. The normalized spacial score (nSPS) is 21.5. The summed E-state index contributed by atoms with van der Waals surface area (Å²) in [5.74, 6) is 1.13. The molecule has 0 bridgehead atoms. The minimum Gasteiger partial charge on any atom is -0.379 e. The molecule has 6 nitrogen and oxygen atoms in total. The second kappa shape index (κ2) is 6.70. The fourth-order valence-electron chi connectivity index (χ4n) is 4.07. The average molecular weight is 349 g/mol. The van der Waals surface area contributed by atoms with Crippen molar-refractivity contribution in [2.24, 2.45) is 0 Å². The van der Waals surface area contributed by atoms with Crippen LogP contribution in [0, 0.1) is 0 Å². The van der Waals surface area contributed by atoms with Crippen LogP contribution in [0.15, 0.2) is 48.7 Å². The molecule has 1 aromatic carbocycles. The lowest BCUT2D eigenvalue weighted by molar-refractivity contribution is 0.0209. The number of benzene rings is 1. The monoisotopic (exact) mass is 349 g/mol. The van der Waals surface area contributed by atoms with Crippen LogP contribution >= 0.6 is 0 Å². The van der Waals surface area contributed by atoms with Gasteiger partial charge in [0.05, 0.1) is 25.1 Å². The number of hydrogen-bond donors (Lipinski definition) is 0. The molecule has 1 atom stereocenters. The predicted molar refractivity (Wildman–Crippen MR) is 101 cm³/mol. The maximum atomic E-state index is 5.51. The Kier molecular flexibility index (Phi) is 4.07. The summed E-state index contributed by atoms with van der Waals surface area (Å²) in [5, 5.41) is 4.51. The molecular weight excluding hydrogens is 326 g/mol. The Morgan fingerprint density at radius 2 is 1.85 bits per heavy atom. The van der Waals surface area contributed by atoms with E-state index in [0.29, 0.717) is 6.04 Å². The zero-order chi connectivity index (χ0) is 17.3. The van der Waals surface area contributed by atoms with Crippen molar-refractivity contribution in [1.82, 2.24) is 19.5 Å². The summed E-state index contributed by atoms with van der Waals surface area (Å²) >= 11 is 0. The first-order valence-electron chi connectivity index (χ1n) is 9.35. The van der Waals surface area contributed by atoms with Crippen molar-refractivity contribution in [3.05, 3.63) is 48.7 Å². The van der Waals surface area contributed by atoms with Crippen LogP contribution in [-0.4, -0.2) is 64.9 Å². The van der Waals surface area contributed by atoms with Gasteiger partial charge in [-0.15, -0.1) is 0 Å². The highest BCUT2D eigenvalue weighted by atomic mass is 16.5. The van der Waals surface area contributed by atoms with Crippen LogP contribution in [0.25, 0.3) is 16.9 Å². The van der Waals surface area contributed by atoms with Gasteiger partial charge in [-0.1, -0.05) is 30.3 Å². The summed E-state index contributed by atoms with van der Waals surface area (Å²) in [4.78, 5) is 9.82. The lowest BCUT2D eigenvalue weighted by Crippen LogP contribution is -2.44. The van der Waals surface area contributed by atoms with Crippen LogP contribution < -0.4 is 4.90 Å². The third-order valence-corrected chi connectivity index (χ3v) is 5.46. The van der Waals surface area contributed by atoms with Gasteiger partial charge in [0.15, 0.2) is 5.65 Å². The Hall–Kier alpha value is -2.44. The van der Waals surface area contributed by atoms with Crippen molar-refractivity contribution < 1.29 is 4.74 Å².